The summed E-state index contributed by atoms with van der Waals surface area (Å²) in [6, 6.07) is 5.55. The van der Waals surface area contributed by atoms with E-state index in [0.29, 0.717) is 22.2 Å². The minimum atomic E-state index is -1.96. The smallest absolute Gasteiger partial charge is 0.407 e. The fourth-order valence-corrected chi connectivity index (χ4v) is 11.6. The molecule has 0 saturated heterocycles. The number of fused-ring (bicyclic) bond motifs is 1. The lowest BCUT2D eigenvalue weighted by Gasteiger charge is -2.44. The van der Waals surface area contributed by atoms with Crippen molar-refractivity contribution in [2.45, 2.75) is 91.1 Å². The van der Waals surface area contributed by atoms with Crippen LogP contribution in [-0.2, 0) is 11.3 Å². The number of rotatable bonds is 6. The van der Waals surface area contributed by atoms with Gasteiger partial charge in [-0.05, 0) is 67.2 Å². The number of nitrogens with one attached hydrogen (secondary N) is 1. The summed E-state index contributed by atoms with van der Waals surface area (Å²) in [5.74, 6) is -0.298. The summed E-state index contributed by atoms with van der Waals surface area (Å²) in [5.41, 5.74) is 2.40. The van der Waals surface area contributed by atoms with Crippen LogP contribution in [0.15, 0.2) is 24.4 Å². The predicted octanol–water partition coefficient (Wildman–Crippen LogP) is 6.83. The van der Waals surface area contributed by atoms with Crippen LogP contribution in [0.2, 0.25) is 16.6 Å². The predicted molar refractivity (Wildman–Crippen MR) is 121 cm³/mol. The van der Waals surface area contributed by atoms with Crippen LogP contribution in [0, 0.1) is 5.82 Å². The van der Waals surface area contributed by atoms with E-state index in [1.54, 1.807) is 26.8 Å². The number of carbonyl (C=O) groups is 1. The van der Waals surface area contributed by atoms with Crippen molar-refractivity contribution in [3.63, 3.8) is 0 Å². The first kappa shape index (κ1) is 23.5. The molecule has 0 fully saturated rings. The molecular weight excluding hydrogens is 383 g/mol. The first-order valence-electron chi connectivity index (χ1n) is 10.6. The van der Waals surface area contributed by atoms with Crippen molar-refractivity contribution in [3.8, 4) is 0 Å². The number of hydrogen-bond donors (Lipinski definition) is 1. The second kappa shape index (κ2) is 8.50. The van der Waals surface area contributed by atoms with Gasteiger partial charge in [0, 0.05) is 17.6 Å². The number of hydrogen-bond acceptors (Lipinski definition) is 2. The lowest BCUT2D eigenvalue weighted by molar-refractivity contribution is 0.0523. The fraction of sp³-hybridized carbons (Fsp3) is 0.609. The Balaban J connectivity index is 2.42. The van der Waals surface area contributed by atoms with Gasteiger partial charge in [0.05, 0.1) is 0 Å². The van der Waals surface area contributed by atoms with Gasteiger partial charge in [-0.2, -0.15) is 0 Å². The molecule has 0 bridgehead atoms. The lowest BCUT2D eigenvalue weighted by Crippen LogP contribution is -2.51. The zero-order valence-corrected chi connectivity index (χ0v) is 20.4. The molecule has 0 unspecified atom stereocenters. The summed E-state index contributed by atoms with van der Waals surface area (Å²) in [5, 5.41) is 3.66. The Morgan fingerprint density at radius 3 is 2.14 bits per heavy atom. The maximum Gasteiger partial charge on any atom is 0.407 e. The number of amides is 1. The minimum absolute atomic E-state index is 0.100. The highest BCUT2D eigenvalue weighted by atomic mass is 28.3. The molecule has 1 amide bonds. The molecule has 0 atom stereocenters. The lowest BCUT2D eigenvalue weighted by atomic mass is 10.1. The Morgan fingerprint density at radius 1 is 1.10 bits per heavy atom. The van der Waals surface area contributed by atoms with Gasteiger partial charge in [0.25, 0.3) is 0 Å². The average molecular weight is 421 g/mol. The highest BCUT2D eigenvalue weighted by Crippen LogP contribution is 2.44. The third-order valence-corrected chi connectivity index (χ3v) is 12.6. The number of nitrogens with zero attached hydrogens (tertiary/aromatic N) is 1. The van der Waals surface area contributed by atoms with Crippen molar-refractivity contribution in [3.05, 3.63) is 35.8 Å². The molecule has 0 aliphatic heterocycles. The number of halogens is 1. The molecular formula is C23H37FN2O2Si. The molecule has 2 aromatic rings. The van der Waals surface area contributed by atoms with Crippen LogP contribution >= 0.6 is 0 Å². The molecule has 4 nitrogen and oxygen atoms in total. The van der Waals surface area contributed by atoms with Gasteiger partial charge >= 0.3 is 6.09 Å². The fourth-order valence-electron chi connectivity index (χ4n) is 4.99. The van der Waals surface area contributed by atoms with Gasteiger partial charge in [0.2, 0.25) is 0 Å². The zero-order valence-electron chi connectivity index (χ0n) is 19.4. The summed E-state index contributed by atoms with van der Waals surface area (Å²) >= 11 is 0. The zero-order chi connectivity index (χ0) is 22.1. The third kappa shape index (κ3) is 4.68. The van der Waals surface area contributed by atoms with E-state index < -0.39 is 19.9 Å². The van der Waals surface area contributed by atoms with E-state index >= 15 is 0 Å². The maximum atomic E-state index is 15.0. The molecule has 162 valence electrons. The molecule has 0 radical (unpaired) electrons. The van der Waals surface area contributed by atoms with Crippen molar-refractivity contribution in [2.75, 3.05) is 0 Å². The van der Waals surface area contributed by atoms with Crippen molar-refractivity contribution >= 4 is 25.2 Å². The van der Waals surface area contributed by atoms with E-state index in [2.05, 4.69) is 63.4 Å². The Kier molecular flexibility index (Phi) is 6.88. The molecule has 1 N–H and O–H groups in total. The second-order valence-electron chi connectivity index (χ2n) is 9.90. The van der Waals surface area contributed by atoms with E-state index in [1.165, 1.54) is 0 Å². The van der Waals surface area contributed by atoms with Gasteiger partial charge in [0.1, 0.15) is 11.4 Å². The van der Waals surface area contributed by atoms with E-state index in [4.69, 9.17) is 4.74 Å². The molecule has 0 saturated carbocycles. The van der Waals surface area contributed by atoms with E-state index in [1.807, 2.05) is 6.07 Å². The van der Waals surface area contributed by atoms with Crippen LogP contribution in [0.3, 0.4) is 0 Å². The van der Waals surface area contributed by atoms with Gasteiger partial charge in [-0.25, -0.2) is 9.18 Å². The second-order valence-corrected chi connectivity index (χ2v) is 15.6. The van der Waals surface area contributed by atoms with Crippen LogP contribution in [-0.4, -0.2) is 24.2 Å². The summed E-state index contributed by atoms with van der Waals surface area (Å²) < 4.78 is 22.6. The van der Waals surface area contributed by atoms with Gasteiger partial charge in [-0.15, -0.1) is 0 Å². The summed E-state index contributed by atoms with van der Waals surface area (Å²) in [4.78, 5) is 11.9. The highest BCUT2D eigenvalue weighted by Gasteiger charge is 2.45. The normalized spacial score (nSPS) is 13.0. The quantitative estimate of drug-likeness (QED) is 0.521. The molecule has 2 rings (SSSR count). The third-order valence-electron chi connectivity index (χ3n) is 5.87. The molecule has 1 aromatic carbocycles. The van der Waals surface area contributed by atoms with Gasteiger partial charge in [-0.3, -0.25) is 0 Å². The number of benzene rings is 1. The Bertz CT molecular complexity index is 844. The standard InChI is InChI=1S/C23H37FN2O2Si/c1-15(2)29(16(3)4,17(5)6)26-11-10-18-12-19(20(24)13-21(18)26)14-25-22(27)28-23(7,8)9/h10-13,15-17H,14H2,1-9H3,(H,25,27). The first-order chi connectivity index (χ1) is 13.3. The summed E-state index contributed by atoms with van der Waals surface area (Å²) in [7, 11) is -1.96. The van der Waals surface area contributed by atoms with E-state index in [-0.39, 0.29) is 12.4 Å². The Hall–Kier alpha value is -1.82. The Morgan fingerprint density at radius 2 is 1.66 bits per heavy atom. The highest BCUT2D eigenvalue weighted by molar-refractivity contribution is 6.82. The van der Waals surface area contributed by atoms with E-state index in [9.17, 15) is 9.18 Å². The van der Waals surface area contributed by atoms with Gasteiger partial charge < -0.3 is 14.3 Å². The van der Waals surface area contributed by atoms with E-state index in [0.717, 1.165) is 10.9 Å². The van der Waals surface area contributed by atoms with Crippen LogP contribution in [0.5, 0.6) is 0 Å². The molecule has 0 spiro atoms. The topological polar surface area (TPSA) is 43.3 Å². The average Bonchev–Trinajstić information content (AvgIpc) is 2.93. The summed E-state index contributed by atoms with van der Waals surface area (Å²) in [6.45, 7) is 19.3. The molecule has 0 aliphatic rings. The first-order valence-corrected chi connectivity index (χ1v) is 12.7. The number of aromatic nitrogens is 1. The van der Waals surface area contributed by atoms with Crippen molar-refractivity contribution < 1.29 is 13.9 Å². The number of ether oxygens (including phenoxy) is 1. The van der Waals surface area contributed by atoms with Crippen LogP contribution in [0.25, 0.3) is 10.9 Å². The Labute approximate surface area is 175 Å². The van der Waals surface area contributed by atoms with Gasteiger partial charge in [0.15, 0.2) is 8.24 Å². The van der Waals surface area contributed by atoms with Gasteiger partial charge in [-0.1, -0.05) is 41.5 Å². The largest absolute Gasteiger partial charge is 0.444 e. The number of carbonyl (C=O) groups excluding carboxylic acids is 1. The van der Waals surface area contributed by atoms with Crippen molar-refractivity contribution in [1.29, 1.82) is 0 Å². The number of alkyl carbamates (subject to hydrolysis) is 1. The van der Waals surface area contributed by atoms with Crippen LogP contribution in [0.4, 0.5) is 9.18 Å². The molecule has 29 heavy (non-hydrogen) atoms. The van der Waals surface area contributed by atoms with Crippen LogP contribution in [0.1, 0.15) is 67.9 Å². The molecule has 1 heterocycles. The molecule has 1 aromatic heterocycles. The molecule has 0 aliphatic carbocycles. The SMILES string of the molecule is CC(C)[Si](C(C)C)(C(C)C)n1ccc2cc(CNC(=O)OC(C)(C)C)c(F)cc21. The van der Waals surface area contributed by atoms with Crippen molar-refractivity contribution in [2.24, 2.45) is 0 Å². The minimum Gasteiger partial charge on any atom is -0.444 e. The van der Waals surface area contributed by atoms with Crippen LogP contribution < -0.4 is 5.32 Å². The monoisotopic (exact) mass is 420 g/mol. The summed E-state index contributed by atoms with van der Waals surface area (Å²) in [6.07, 6.45) is 1.60. The maximum absolute atomic E-state index is 15.0. The van der Waals surface area contributed by atoms with Crippen molar-refractivity contribution in [1.82, 2.24) is 9.55 Å². The molecule has 6 heteroatoms.